The Bertz CT molecular complexity index is 4010. The summed E-state index contributed by atoms with van der Waals surface area (Å²) in [5.41, 5.74) is 26.5. The Morgan fingerprint density at radius 2 is 0.939 bits per heavy atom. The molecule has 82 heavy (non-hydrogen) atoms. The van der Waals surface area contributed by atoms with Crippen molar-refractivity contribution in [2.45, 2.75) is 188 Å². The third-order valence-corrected chi connectivity index (χ3v) is 21.2. The highest BCUT2D eigenvalue weighted by molar-refractivity contribution is 7.26. The smallest absolute Gasteiger partial charge is 0.252 e. The van der Waals surface area contributed by atoms with Crippen molar-refractivity contribution in [1.29, 1.82) is 0 Å². The van der Waals surface area contributed by atoms with Crippen LogP contribution in [0.4, 0.5) is 51.2 Å². The topological polar surface area (TPSA) is 9.72 Å². The molecule has 3 heterocycles. The van der Waals surface area contributed by atoms with E-state index in [1.165, 1.54) is 128 Å². The summed E-state index contributed by atoms with van der Waals surface area (Å²) in [5.74, 6) is 0. The second kappa shape index (κ2) is 18.2. The third-order valence-electron chi connectivity index (χ3n) is 20.0. The number of hydrogen-bond donors (Lipinski definition) is 0. The zero-order chi connectivity index (χ0) is 58.2. The van der Waals surface area contributed by atoms with Crippen LogP contribution in [0, 0.1) is 6.92 Å². The molecule has 0 saturated heterocycles. The van der Waals surface area contributed by atoms with Gasteiger partial charge in [-0.3, -0.25) is 0 Å². The van der Waals surface area contributed by atoms with E-state index in [1.54, 1.807) is 0 Å². The van der Waals surface area contributed by atoms with Crippen LogP contribution in [-0.2, 0) is 37.9 Å². The molecule has 13 rings (SSSR count). The van der Waals surface area contributed by atoms with Crippen LogP contribution in [0.1, 0.15) is 188 Å². The van der Waals surface area contributed by atoms with E-state index in [0.29, 0.717) is 0 Å². The minimum Gasteiger partial charge on any atom is -0.311 e. The lowest BCUT2D eigenvalue weighted by atomic mass is 9.33. The lowest BCUT2D eigenvalue weighted by Crippen LogP contribution is -2.62. The molecule has 5 heteroatoms. The lowest BCUT2D eigenvalue weighted by molar-refractivity contribution is 0.332. The first-order chi connectivity index (χ1) is 38.4. The first-order valence-corrected chi connectivity index (χ1v) is 31.4. The average molecular weight is 1100 g/mol. The van der Waals surface area contributed by atoms with E-state index in [-0.39, 0.29) is 44.6 Å². The molecule has 0 spiro atoms. The summed E-state index contributed by atoms with van der Waals surface area (Å²) in [4.78, 5) is 7.95. The maximum Gasteiger partial charge on any atom is 0.252 e. The molecule has 1 aromatic heterocycles. The van der Waals surface area contributed by atoms with E-state index in [1.807, 2.05) is 11.3 Å². The van der Waals surface area contributed by atoms with Crippen LogP contribution in [0.2, 0.25) is 0 Å². The molecule has 0 saturated carbocycles. The number of aryl methyl sites for hydroxylation is 1. The van der Waals surface area contributed by atoms with Crippen molar-refractivity contribution < 1.29 is 0 Å². The van der Waals surface area contributed by atoms with Crippen LogP contribution in [0.15, 0.2) is 146 Å². The second-order valence-electron chi connectivity index (χ2n) is 30.9. The Hall–Kier alpha value is -6.56. The van der Waals surface area contributed by atoms with Gasteiger partial charge < -0.3 is 14.7 Å². The number of hydrogen-bond acceptors (Lipinski definition) is 4. The molecule has 3 nitrogen and oxygen atoms in total. The molecule has 0 amide bonds. The molecule has 0 fully saturated rings. The molecule has 4 aliphatic rings. The van der Waals surface area contributed by atoms with Gasteiger partial charge in [0.15, 0.2) is 0 Å². The van der Waals surface area contributed by atoms with Crippen LogP contribution < -0.4 is 31.1 Å². The molecule has 418 valence electrons. The van der Waals surface area contributed by atoms with Gasteiger partial charge in [-0.2, -0.15) is 0 Å². The van der Waals surface area contributed by atoms with Crippen LogP contribution >= 0.6 is 11.3 Å². The highest BCUT2D eigenvalue weighted by Crippen LogP contribution is 2.55. The van der Waals surface area contributed by atoms with E-state index in [4.69, 9.17) is 0 Å². The van der Waals surface area contributed by atoms with Crippen molar-refractivity contribution in [2.24, 2.45) is 0 Å². The molecule has 0 N–H and O–H groups in total. The molecule has 2 aliphatic heterocycles. The van der Waals surface area contributed by atoms with Gasteiger partial charge in [0, 0.05) is 65.7 Å². The fraction of sp³-hybridized carbons (Fsp3) is 0.377. The number of fused-ring (bicyclic) bond motifs is 9. The fourth-order valence-electron chi connectivity index (χ4n) is 14.9. The van der Waals surface area contributed by atoms with Gasteiger partial charge in [0.05, 0.1) is 5.69 Å². The van der Waals surface area contributed by atoms with Crippen molar-refractivity contribution in [3.05, 3.63) is 190 Å². The minimum absolute atomic E-state index is 0.0166. The van der Waals surface area contributed by atoms with Crippen molar-refractivity contribution in [2.75, 3.05) is 14.7 Å². The van der Waals surface area contributed by atoms with Crippen LogP contribution in [-0.4, -0.2) is 6.71 Å². The SMILES string of the molecule is Cc1cc2c3c(c1)N(c1ccc4c(sc5ccccc54)c1C(C)(C)C)c1cc(N(c4ccc(C(C)(C)C)cc4)c4ccc(C(C)(C)C)cc4)ccc1B3c1cc3c(cc1N2c1ccc2c(c1)C(C)(C)CCC2(C)C)C(C)(C)CCC3(C)C. The lowest BCUT2D eigenvalue weighted by Gasteiger charge is -2.48. The number of thiophene rings is 1. The zero-order valence-electron chi connectivity index (χ0n) is 52.5. The Morgan fingerprint density at radius 1 is 0.427 bits per heavy atom. The van der Waals surface area contributed by atoms with Crippen molar-refractivity contribution in [3.8, 4) is 0 Å². The predicted octanol–water partition coefficient (Wildman–Crippen LogP) is 20.5. The Kier molecular flexibility index (Phi) is 12.2. The van der Waals surface area contributed by atoms with E-state index in [2.05, 4.69) is 285 Å². The second-order valence-corrected chi connectivity index (χ2v) is 32.0. The van der Waals surface area contributed by atoms with Gasteiger partial charge in [-0.1, -0.05) is 184 Å². The fourth-order valence-corrected chi connectivity index (χ4v) is 16.4. The summed E-state index contributed by atoms with van der Waals surface area (Å²) >= 11 is 1.96. The molecule has 2 aliphatic carbocycles. The summed E-state index contributed by atoms with van der Waals surface area (Å²) in [7, 11) is 0. The monoisotopic (exact) mass is 1100 g/mol. The Labute approximate surface area is 495 Å². The summed E-state index contributed by atoms with van der Waals surface area (Å²) < 4.78 is 2.70. The van der Waals surface area contributed by atoms with Crippen molar-refractivity contribution in [3.63, 3.8) is 0 Å². The number of anilines is 9. The highest BCUT2D eigenvalue weighted by Gasteiger charge is 2.48. The largest absolute Gasteiger partial charge is 0.311 e. The van der Waals surface area contributed by atoms with Crippen molar-refractivity contribution >= 4 is 106 Å². The quantitative estimate of drug-likeness (QED) is 0.159. The molecule has 8 aromatic carbocycles. The first kappa shape index (κ1) is 54.7. The van der Waals surface area contributed by atoms with Gasteiger partial charge >= 0.3 is 0 Å². The average Bonchev–Trinajstić information content (AvgIpc) is 2.62. The molecule has 0 atom stereocenters. The number of benzene rings is 8. The normalized spacial score (nSPS) is 17.5. The van der Waals surface area contributed by atoms with Gasteiger partial charge in [0.1, 0.15) is 0 Å². The van der Waals surface area contributed by atoms with Gasteiger partial charge in [-0.25, -0.2) is 0 Å². The van der Waals surface area contributed by atoms with Crippen molar-refractivity contribution in [1.82, 2.24) is 0 Å². The molecule has 0 radical (unpaired) electrons. The first-order valence-electron chi connectivity index (χ1n) is 30.6. The maximum absolute atomic E-state index is 2.72. The Balaban J connectivity index is 1.14. The van der Waals surface area contributed by atoms with E-state index >= 15 is 0 Å². The minimum atomic E-state index is -0.205. The van der Waals surface area contributed by atoms with E-state index < -0.39 is 0 Å². The summed E-state index contributed by atoms with van der Waals surface area (Å²) in [5, 5.41) is 2.67. The third kappa shape index (κ3) is 8.62. The van der Waals surface area contributed by atoms with Crippen LogP contribution in [0.5, 0.6) is 0 Å². The molecular weight excluding hydrogens is 1010 g/mol. The molecule has 0 unspecified atom stereocenters. The summed E-state index contributed by atoms with van der Waals surface area (Å²) in [6, 6.07) is 58.2. The number of rotatable bonds is 5. The van der Waals surface area contributed by atoms with E-state index in [9.17, 15) is 0 Å². The predicted molar refractivity (Wildman–Crippen MR) is 359 cm³/mol. The van der Waals surface area contributed by atoms with Gasteiger partial charge in [-0.15, -0.1) is 11.3 Å². The maximum atomic E-state index is 2.72. The molecule has 0 bridgehead atoms. The van der Waals surface area contributed by atoms with Crippen LogP contribution in [0.25, 0.3) is 20.2 Å². The van der Waals surface area contributed by atoms with Gasteiger partial charge in [-0.05, 0) is 210 Å². The number of nitrogens with zero attached hydrogens (tertiary/aromatic N) is 3. The summed E-state index contributed by atoms with van der Waals surface area (Å²) in [6.07, 6.45) is 4.67. The van der Waals surface area contributed by atoms with Gasteiger partial charge in [0.25, 0.3) is 6.71 Å². The standard InChI is InChI=1S/C77H86BN3S/c1-47-41-65-69-66(42-47)81(62-36-33-55-54-21-19-20-22-67(54)82-70(55)68(62)73(8,9)10)63-44-53(79(50-27-23-48(24-28-50)71(2,3)4)51-29-25-49(26-30-51)72(5,6)7)32-35-60(63)78(69)61-45-58-59(77(17,18)40-39-76(58,15)16)46-64(61)80(65)52-31-34-56-57(43-52)75(13,14)38-37-74(56,11)12/h19-36,41-46H,37-40H2,1-18H3. The highest BCUT2D eigenvalue weighted by atomic mass is 32.1. The zero-order valence-corrected chi connectivity index (χ0v) is 53.3. The molecule has 9 aromatic rings. The molecular formula is C77H86BN3S. The van der Waals surface area contributed by atoms with Gasteiger partial charge in [0.2, 0.25) is 0 Å². The summed E-state index contributed by atoms with van der Waals surface area (Å²) in [6.45, 7) is 43.3. The van der Waals surface area contributed by atoms with Crippen LogP contribution in [0.3, 0.4) is 0 Å². The Morgan fingerprint density at radius 3 is 1.51 bits per heavy atom. The van der Waals surface area contributed by atoms with E-state index in [0.717, 1.165) is 29.9 Å².